The van der Waals surface area contributed by atoms with Gasteiger partial charge < -0.3 is 10.1 Å². The number of hydrogen-bond acceptors (Lipinski definition) is 6. The molecule has 25 heavy (non-hydrogen) atoms. The van der Waals surface area contributed by atoms with Gasteiger partial charge in [0.05, 0.1) is 21.7 Å². The number of nitro groups is 1. The molecule has 0 saturated heterocycles. The van der Waals surface area contributed by atoms with Crippen LogP contribution in [0.4, 0.5) is 15.8 Å². The quantitative estimate of drug-likeness (QED) is 0.505. The Morgan fingerprint density at radius 3 is 2.52 bits per heavy atom. The highest BCUT2D eigenvalue weighted by atomic mass is 19.1. The Bertz CT molecular complexity index is 874. The molecule has 0 saturated carbocycles. The molecule has 0 radical (unpaired) electrons. The molecule has 0 bridgehead atoms. The van der Waals surface area contributed by atoms with Crippen LogP contribution >= 0.6 is 0 Å². The summed E-state index contributed by atoms with van der Waals surface area (Å²) >= 11 is 0. The van der Waals surface area contributed by atoms with E-state index in [-0.39, 0.29) is 22.5 Å². The fraction of sp³-hybridized carbons (Fsp3) is 0.0625. The highest BCUT2D eigenvalue weighted by molar-refractivity contribution is 5.96. The van der Waals surface area contributed by atoms with Gasteiger partial charge in [0.25, 0.3) is 11.6 Å². The smallest absolute Gasteiger partial charge is 0.338 e. The number of carbonyl (C=O) groups is 2. The minimum atomic E-state index is -0.820. The molecule has 0 aliphatic heterocycles. The highest BCUT2D eigenvalue weighted by Crippen LogP contribution is 2.21. The van der Waals surface area contributed by atoms with Crippen LogP contribution < -0.4 is 5.32 Å². The molecule has 2 rings (SSSR count). The van der Waals surface area contributed by atoms with E-state index < -0.39 is 29.2 Å². The Morgan fingerprint density at radius 2 is 1.92 bits per heavy atom. The third-order valence-corrected chi connectivity index (χ3v) is 3.02. The molecule has 9 heteroatoms. The van der Waals surface area contributed by atoms with Crippen molar-refractivity contribution in [2.45, 2.75) is 0 Å². The first-order valence-electron chi connectivity index (χ1n) is 6.82. The van der Waals surface area contributed by atoms with Crippen LogP contribution in [0.2, 0.25) is 0 Å². The molecule has 8 nitrogen and oxygen atoms in total. The standard InChI is InChI=1S/C16H10FN3O5/c17-12-3-1-10(2-4-12)16(22)25-9-15(21)19-14-6-5-13(20(23)24)7-11(14)8-18/h1-7H,9H2,(H,19,21). The van der Waals surface area contributed by atoms with Crippen LogP contribution in [-0.2, 0) is 9.53 Å². The molecule has 0 unspecified atom stereocenters. The summed E-state index contributed by atoms with van der Waals surface area (Å²) < 4.78 is 17.5. The van der Waals surface area contributed by atoms with Crippen LogP contribution in [0.1, 0.15) is 15.9 Å². The lowest BCUT2D eigenvalue weighted by Gasteiger charge is -2.08. The van der Waals surface area contributed by atoms with E-state index in [1.807, 2.05) is 0 Å². The topological polar surface area (TPSA) is 122 Å². The number of nitrogens with zero attached hydrogens (tertiary/aromatic N) is 2. The Morgan fingerprint density at radius 1 is 1.24 bits per heavy atom. The molecule has 0 aliphatic rings. The molecule has 0 heterocycles. The largest absolute Gasteiger partial charge is 0.452 e. The van der Waals surface area contributed by atoms with Crippen LogP contribution in [0.25, 0.3) is 0 Å². The Kier molecular flexibility index (Phi) is 5.37. The zero-order chi connectivity index (χ0) is 18.4. The monoisotopic (exact) mass is 343 g/mol. The number of carbonyl (C=O) groups excluding carboxylic acids is 2. The van der Waals surface area contributed by atoms with E-state index >= 15 is 0 Å². The average molecular weight is 343 g/mol. The highest BCUT2D eigenvalue weighted by Gasteiger charge is 2.14. The number of benzene rings is 2. The van der Waals surface area contributed by atoms with Crippen molar-refractivity contribution in [1.82, 2.24) is 0 Å². The number of nitro benzene ring substituents is 1. The van der Waals surface area contributed by atoms with E-state index in [9.17, 15) is 24.1 Å². The van der Waals surface area contributed by atoms with Crippen molar-refractivity contribution in [2.75, 3.05) is 11.9 Å². The van der Waals surface area contributed by atoms with Crippen molar-refractivity contribution in [3.63, 3.8) is 0 Å². The number of hydrogen-bond donors (Lipinski definition) is 1. The second-order valence-corrected chi connectivity index (χ2v) is 4.73. The van der Waals surface area contributed by atoms with Crippen molar-refractivity contribution in [3.05, 3.63) is 69.5 Å². The van der Waals surface area contributed by atoms with Crippen LogP contribution in [0, 0.1) is 27.3 Å². The number of ether oxygens (including phenoxy) is 1. The molecule has 0 atom stereocenters. The minimum Gasteiger partial charge on any atom is -0.452 e. The number of esters is 1. The fourth-order valence-electron chi connectivity index (χ4n) is 1.83. The zero-order valence-corrected chi connectivity index (χ0v) is 12.6. The van der Waals surface area contributed by atoms with Gasteiger partial charge in [-0.1, -0.05) is 0 Å². The minimum absolute atomic E-state index is 0.0518. The Labute approximate surface area is 140 Å². The maximum absolute atomic E-state index is 12.8. The number of anilines is 1. The summed E-state index contributed by atoms with van der Waals surface area (Å²) in [6, 6.07) is 9.64. The summed E-state index contributed by atoms with van der Waals surface area (Å²) in [5.74, 6) is -2.07. The Balaban J connectivity index is 1.98. The number of non-ortho nitro benzene ring substituents is 1. The van der Waals surface area contributed by atoms with E-state index in [4.69, 9.17) is 10.00 Å². The number of halogens is 1. The lowest BCUT2D eigenvalue weighted by atomic mass is 10.1. The summed E-state index contributed by atoms with van der Waals surface area (Å²) in [7, 11) is 0. The van der Waals surface area contributed by atoms with E-state index in [1.54, 1.807) is 6.07 Å². The molecule has 0 aliphatic carbocycles. The van der Waals surface area contributed by atoms with Crippen molar-refractivity contribution in [1.29, 1.82) is 5.26 Å². The van der Waals surface area contributed by atoms with Gasteiger partial charge in [0.2, 0.25) is 0 Å². The van der Waals surface area contributed by atoms with E-state index in [1.165, 1.54) is 18.2 Å². The average Bonchev–Trinajstić information content (AvgIpc) is 2.60. The second-order valence-electron chi connectivity index (χ2n) is 4.73. The molecule has 126 valence electrons. The summed E-state index contributed by atoms with van der Waals surface area (Å²) in [5.41, 5.74) is -0.275. The Hall–Kier alpha value is -3.80. The van der Waals surface area contributed by atoms with Crippen LogP contribution in [0.15, 0.2) is 42.5 Å². The second kappa shape index (κ2) is 7.65. The van der Waals surface area contributed by atoms with Gasteiger partial charge in [-0.25, -0.2) is 9.18 Å². The molecular weight excluding hydrogens is 333 g/mol. The maximum atomic E-state index is 12.8. The molecular formula is C16H10FN3O5. The lowest BCUT2D eigenvalue weighted by molar-refractivity contribution is -0.384. The third kappa shape index (κ3) is 4.59. The first-order valence-corrected chi connectivity index (χ1v) is 6.82. The molecule has 0 spiro atoms. The lowest BCUT2D eigenvalue weighted by Crippen LogP contribution is -2.21. The summed E-state index contributed by atoms with van der Waals surface area (Å²) in [5, 5.41) is 22.0. The van der Waals surface area contributed by atoms with Crippen molar-refractivity contribution >= 4 is 23.3 Å². The molecule has 0 fully saturated rings. The number of nitriles is 1. The van der Waals surface area contributed by atoms with E-state index in [0.29, 0.717) is 0 Å². The van der Waals surface area contributed by atoms with Crippen LogP contribution in [-0.4, -0.2) is 23.4 Å². The van der Waals surface area contributed by atoms with Gasteiger partial charge in [-0.15, -0.1) is 0 Å². The zero-order valence-electron chi connectivity index (χ0n) is 12.6. The van der Waals surface area contributed by atoms with Gasteiger partial charge >= 0.3 is 5.97 Å². The number of rotatable bonds is 5. The van der Waals surface area contributed by atoms with Crippen LogP contribution in [0.5, 0.6) is 0 Å². The van der Waals surface area contributed by atoms with E-state index in [0.717, 1.165) is 24.3 Å². The predicted octanol–water partition coefficient (Wildman–Crippen LogP) is 2.40. The third-order valence-electron chi connectivity index (χ3n) is 3.02. The first kappa shape index (κ1) is 17.6. The van der Waals surface area contributed by atoms with Crippen molar-refractivity contribution in [3.8, 4) is 6.07 Å². The normalized spacial score (nSPS) is 9.76. The van der Waals surface area contributed by atoms with Gasteiger partial charge in [0.1, 0.15) is 11.9 Å². The molecule has 1 N–H and O–H groups in total. The number of nitrogens with one attached hydrogen (secondary N) is 1. The van der Waals surface area contributed by atoms with Gasteiger partial charge in [-0.3, -0.25) is 14.9 Å². The molecule has 2 aromatic rings. The molecule has 2 aromatic carbocycles. The van der Waals surface area contributed by atoms with Crippen LogP contribution in [0.3, 0.4) is 0 Å². The van der Waals surface area contributed by atoms with Gasteiger partial charge in [0.15, 0.2) is 6.61 Å². The number of amides is 1. The summed E-state index contributed by atoms with van der Waals surface area (Å²) in [4.78, 5) is 33.5. The van der Waals surface area contributed by atoms with Crippen molar-refractivity contribution < 1.29 is 23.6 Å². The van der Waals surface area contributed by atoms with Crippen molar-refractivity contribution in [2.24, 2.45) is 0 Å². The van der Waals surface area contributed by atoms with Gasteiger partial charge in [-0.05, 0) is 30.3 Å². The van der Waals surface area contributed by atoms with Gasteiger partial charge in [-0.2, -0.15) is 5.26 Å². The molecule has 1 amide bonds. The summed E-state index contributed by atoms with van der Waals surface area (Å²) in [6.45, 7) is -0.641. The molecule has 0 aromatic heterocycles. The SMILES string of the molecule is N#Cc1cc([N+](=O)[O-])ccc1NC(=O)COC(=O)c1ccc(F)cc1. The first-order chi connectivity index (χ1) is 11.9. The van der Waals surface area contributed by atoms with E-state index in [2.05, 4.69) is 5.32 Å². The van der Waals surface area contributed by atoms with Gasteiger partial charge in [0, 0.05) is 12.1 Å². The maximum Gasteiger partial charge on any atom is 0.338 e. The predicted molar refractivity (Wildman–Crippen MR) is 83.1 cm³/mol. The fourth-order valence-corrected chi connectivity index (χ4v) is 1.83. The summed E-state index contributed by atoms with van der Waals surface area (Å²) in [6.07, 6.45) is 0.